The summed E-state index contributed by atoms with van der Waals surface area (Å²) in [5.41, 5.74) is 1.98. The quantitative estimate of drug-likeness (QED) is 0.726. The molecule has 1 aliphatic rings. The predicted octanol–water partition coefficient (Wildman–Crippen LogP) is 3.02. The van der Waals surface area contributed by atoms with Crippen molar-refractivity contribution in [3.63, 3.8) is 0 Å². The number of piperazine rings is 1. The van der Waals surface area contributed by atoms with E-state index in [1.54, 1.807) is 0 Å². The second kappa shape index (κ2) is 7.30. The van der Waals surface area contributed by atoms with Crippen molar-refractivity contribution in [2.75, 3.05) is 26.2 Å². The minimum atomic E-state index is 0.204. The molecule has 1 saturated heterocycles. The van der Waals surface area contributed by atoms with Crippen molar-refractivity contribution in [3.05, 3.63) is 65.5 Å². The van der Waals surface area contributed by atoms with Crippen LogP contribution in [0.25, 0.3) is 10.8 Å². The Bertz CT molecular complexity index is 910. The molecule has 0 radical (unpaired) electrons. The topological polar surface area (TPSA) is 49.6 Å². The third-order valence-electron chi connectivity index (χ3n) is 4.95. The summed E-state index contributed by atoms with van der Waals surface area (Å²) in [6.07, 6.45) is 0.464. The van der Waals surface area contributed by atoms with Gasteiger partial charge < -0.3 is 9.42 Å². The van der Waals surface area contributed by atoms with E-state index in [0.717, 1.165) is 49.7 Å². The molecule has 0 saturated carbocycles. The number of benzene rings is 2. The molecule has 0 atom stereocenters. The maximum absolute atomic E-state index is 12.7. The van der Waals surface area contributed by atoms with Crippen LogP contribution in [0.15, 0.2) is 53.1 Å². The Morgan fingerprint density at radius 3 is 2.54 bits per heavy atom. The zero-order chi connectivity index (χ0) is 17.9. The molecule has 1 aliphatic heterocycles. The number of nitrogens with zero attached hydrogens (tertiary/aromatic N) is 3. The lowest BCUT2D eigenvalue weighted by Gasteiger charge is -2.34. The Hall–Kier alpha value is -2.66. The zero-order valence-corrected chi connectivity index (χ0v) is 15.0. The molecule has 0 spiro atoms. The lowest BCUT2D eigenvalue weighted by molar-refractivity contribution is -0.132. The number of amides is 1. The van der Waals surface area contributed by atoms with Gasteiger partial charge in [-0.25, -0.2) is 0 Å². The fourth-order valence-corrected chi connectivity index (χ4v) is 3.50. The summed E-state index contributed by atoms with van der Waals surface area (Å²) in [6.45, 7) is 5.94. The Morgan fingerprint density at radius 1 is 1.04 bits per heavy atom. The van der Waals surface area contributed by atoms with Crippen molar-refractivity contribution >= 4 is 16.7 Å². The first-order valence-electron chi connectivity index (χ1n) is 9.07. The molecular formula is C21H23N3O2. The molecule has 26 heavy (non-hydrogen) atoms. The predicted molar refractivity (Wildman–Crippen MR) is 101 cm³/mol. The second-order valence-corrected chi connectivity index (χ2v) is 6.95. The van der Waals surface area contributed by atoms with Crippen LogP contribution in [0, 0.1) is 6.92 Å². The largest absolute Gasteiger partial charge is 0.360 e. The van der Waals surface area contributed by atoms with Crippen LogP contribution >= 0.6 is 0 Å². The molecule has 0 N–H and O–H groups in total. The van der Waals surface area contributed by atoms with Crippen molar-refractivity contribution in [2.24, 2.45) is 0 Å². The van der Waals surface area contributed by atoms with Crippen LogP contribution in [0.1, 0.15) is 17.0 Å². The van der Waals surface area contributed by atoms with Gasteiger partial charge in [0.25, 0.3) is 0 Å². The van der Waals surface area contributed by atoms with Crippen molar-refractivity contribution in [2.45, 2.75) is 19.9 Å². The number of fused-ring (bicyclic) bond motifs is 1. The van der Waals surface area contributed by atoms with Gasteiger partial charge in [-0.15, -0.1) is 0 Å². The maximum atomic E-state index is 12.7. The number of aryl methyl sites for hydroxylation is 1. The summed E-state index contributed by atoms with van der Waals surface area (Å²) < 4.78 is 5.28. The standard InChI is InChI=1S/C21H23N3O2/c1-16-12-20(26-22-16)15-23-8-10-24(11-9-23)21(25)14-17-6-7-18-4-2-3-5-19(18)13-17/h2-7,12-13H,8-11,14-15H2,1H3. The van der Waals surface area contributed by atoms with Gasteiger partial charge in [0.1, 0.15) is 0 Å². The monoisotopic (exact) mass is 349 g/mol. The summed E-state index contributed by atoms with van der Waals surface area (Å²) in [5, 5.41) is 6.32. The summed E-state index contributed by atoms with van der Waals surface area (Å²) in [5.74, 6) is 1.09. The molecule has 0 aliphatic carbocycles. The van der Waals surface area contributed by atoms with Gasteiger partial charge >= 0.3 is 0 Å². The number of carbonyl (C=O) groups is 1. The fraction of sp³-hybridized carbons (Fsp3) is 0.333. The van der Waals surface area contributed by atoms with Gasteiger partial charge in [-0.3, -0.25) is 9.69 Å². The Balaban J connectivity index is 1.32. The van der Waals surface area contributed by atoms with Crippen LogP contribution in [0.5, 0.6) is 0 Å². The second-order valence-electron chi connectivity index (χ2n) is 6.95. The van der Waals surface area contributed by atoms with Gasteiger partial charge in [0, 0.05) is 32.2 Å². The van der Waals surface area contributed by atoms with Crippen molar-refractivity contribution < 1.29 is 9.32 Å². The summed E-state index contributed by atoms with van der Waals surface area (Å²) in [6, 6.07) is 16.5. The van der Waals surface area contributed by atoms with E-state index in [-0.39, 0.29) is 5.91 Å². The Morgan fingerprint density at radius 2 is 1.81 bits per heavy atom. The van der Waals surface area contributed by atoms with Crippen LogP contribution in [-0.4, -0.2) is 47.0 Å². The molecular weight excluding hydrogens is 326 g/mol. The van der Waals surface area contributed by atoms with Crippen molar-refractivity contribution in [3.8, 4) is 0 Å². The van der Waals surface area contributed by atoms with E-state index in [2.05, 4.69) is 40.4 Å². The molecule has 2 aromatic carbocycles. The molecule has 1 fully saturated rings. The van der Waals surface area contributed by atoms with E-state index in [1.165, 1.54) is 10.8 Å². The summed E-state index contributed by atoms with van der Waals surface area (Å²) in [7, 11) is 0. The van der Waals surface area contributed by atoms with E-state index < -0.39 is 0 Å². The molecule has 5 nitrogen and oxygen atoms in total. The smallest absolute Gasteiger partial charge is 0.227 e. The number of aromatic nitrogens is 1. The lowest BCUT2D eigenvalue weighted by Crippen LogP contribution is -2.48. The van der Waals surface area contributed by atoms with Gasteiger partial charge in [-0.05, 0) is 23.3 Å². The summed E-state index contributed by atoms with van der Waals surface area (Å²) in [4.78, 5) is 16.9. The third-order valence-corrected chi connectivity index (χ3v) is 4.95. The molecule has 5 heteroatoms. The third kappa shape index (κ3) is 3.78. The first-order chi connectivity index (χ1) is 12.7. The van der Waals surface area contributed by atoms with E-state index in [1.807, 2.05) is 30.0 Å². The first kappa shape index (κ1) is 16.8. The minimum absolute atomic E-state index is 0.204. The molecule has 1 aromatic heterocycles. The van der Waals surface area contributed by atoms with E-state index in [0.29, 0.717) is 6.42 Å². The molecule has 4 rings (SSSR count). The van der Waals surface area contributed by atoms with Crippen LogP contribution < -0.4 is 0 Å². The Labute approximate surface area is 153 Å². The van der Waals surface area contributed by atoms with E-state index in [4.69, 9.17) is 4.52 Å². The molecule has 1 amide bonds. The lowest BCUT2D eigenvalue weighted by atomic mass is 10.0. The highest BCUT2D eigenvalue weighted by Gasteiger charge is 2.22. The Kier molecular flexibility index (Phi) is 4.71. The number of hydrogen-bond donors (Lipinski definition) is 0. The molecule has 2 heterocycles. The van der Waals surface area contributed by atoms with Gasteiger partial charge in [0.2, 0.25) is 5.91 Å². The fourth-order valence-electron chi connectivity index (χ4n) is 3.50. The summed E-state index contributed by atoms with van der Waals surface area (Å²) >= 11 is 0. The normalized spacial score (nSPS) is 15.5. The number of rotatable bonds is 4. The van der Waals surface area contributed by atoms with Crippen molar-refractivity contribution in [1.29, 1.82) is 0 Å². The minimum Gasteiger partial charge on any atom is -0.360 e. The van der Waals surface area contributed by atoms with E-state index >= 15 is 0 Å². The van der Waals surface area contributed by atoms with Gasteiger partial charge in [-0.2, -0.15) is 0 Å². The van der Waals surface area contributed by atoms with Gasteiger partial charge in [0.15, 0.2) is 5.76 Å². The van der Waals surface area contributed by atoms with Crippen molar-refractivity contribution in [1.82, 2.24) is 15.0 Å². The highest BCUT2D eigenvalue weighted by atomic mass is 16.5. The zero-order valence-electron chi connectivity index (χ0n) is 15.0. The average Bonchev–Trinajstić information content (AvgIpc) is 3.07. The first-order valence-corrected chi connectivity index (χ1v) is 9.07. The SMILES string of the molecule is Cc1cc(CN2CCN(C(=O)Cc3ccc4ccccc4c3)CC2)on1. The molecule has 0 unspecified atom stereocenters. The van der Waals surface area contributed by atoms with Crippen LogP contribution in [-0.2, 0) is 17.8 Å². The van der Waals surface area contributed by atoms with Crippen LogP contribution in [0.4, 0.5) is 0 Å². The van der Waals surface area contributed by atoms with Gasteiger partial charge in [0.05, 0.1) is 18.7 Å². The van der Waals surface area contributed by atoms with Crippen LogP contribution in [0.3, 0.4) is 0 Å². The number of carbonyl (C=O) groups excluding carboxylic acids is 1. The molecule has 0 bridgehead atoms. The highest BCUT2D eigenvalue weighted by molar-refractivity contribution is 5.85. The molecule has 3 aromatic rings. The maximum Gasteiger partial charge on any atom is 0.227 e. The van der Waals surface area contributed by atoms with Gasteiger partial charge in [-0.1, -0.05) is 47.6 Å². The van der Waals surface area contributed by atoms with E-state index in [9.17, 15) is 4.79 Å². The average molecular weight is 349 g/mol. The molecule has 134 valence electrons. The van der Waals surface area contributed by atoms with Crippen LogP contribution in [0.2, 0.25) is 0 Å². The highest BCUT2D eigenvalue weighted by Crippen LogP contribution is 2.17. The number of hydrogen-bond acceptors (Lipinski definition) is 4.